The minimum Gasteiger partial charge on any atom is -0.394 e. The third kappa shape index (κ3) is 5.91. The predicted octanol–water partition coefficient (Wildman–Crippen LogP) is 2.33. The van der Waals surface area contributed by atoms with E-state index in [0.717, 1.165) is 37.9 Å². The number of nitrogens with one attached hydrogen (secondary N) is 2. The Bertz CT molecular complexity index is 602. The van der Waals surface area contributed by atoms with Crippen molar-refractivity contribution in [3.05, 3.63) is 11.9 Å². The van der Waals surface area contributed by atoms with Crippen LogP contribution in [0, 0.1) is 0 Å². The number of hydrogen-bond donors (Lipinski definition) is 3. The zero-order chi connectivity index (χ0) is 19.8. The van der Waals surface area contributed by atoms with E-state index >= 15 is 0 Å². The molecule has 2 heterocycles. The minimum absolute atomic E-state index is 0.0660. The highest BCUT2D eigenvalue weighted by Gasteiger charge is 2.31. The Morgan fingerprint density at radius 1 is 1.29 bits per heavy atom. The summed E-state index contributed by atoms with van der Waals surface area (Å²) in [4.78, 5) is 11.9. The first-order valence-electron chi connectivity index (χ1n) is 10.9. The van der Waals surface area contributed by atoms with Crippen LogP contribution >= 0.6 is 0 Å². The number of amides is 2. The van der Waals surface area contributed by atoms with E-state index in [9.17, 15) is 9.90 Å². The van der Waals surface area contributed by atoms with Gasteiger partial charge in [0.2, 0.25) is 0 Å². The maximum absolute atomic E-state index is 11.9. The van der Waals surface area contributed by atoms with Gasteiger partial charge in [0, 0.05) is 25.2 Å². The van der Waals surface area contributed by atoms with Crippen LogP contribution in [0.15, 0.2) is 6.20 Å². The van der Waals surface area contributed by atoms with Crippen molar-refractivity contribution in [2.45, 2.75) is 95.4 Å². The highest BCUT2D eigenvalue weighted by molar-refractivity contribution is 5.74. The lowest BCUT2D eigenvalue weighted by Gasteiger charge is -2.36. The van der Waals surface area contributed by atoms with Gasteiger partial charge in [-0.15, -0.1) is 5.10 Å². The molecule has 3 N–H and O–H groups in total. The molecule has 0 spiro atoms. The molecule has 1 aromatic rings. The second-order valence-corrected chi connectivity index (χ2v) is 8.09. The van der Waals surface area contributed by atoms with E-state index in [0.29, 0.717) is 12.5 Å². The van der Waals surface area contributed by atoms with Crippen LogP contribution in [0.4, 0.5) is 4.79 Å². The van der Waals surface area contributed by atoms with Gasteiger partial charge >= 0.3 is 6.03 Å². The van der Waals surface area contributed by atoms with Gasteiger partial charge in [-0.3, -0.25) is 4.68 Å². The Morgan fingerprint density at radius 3 is 2.86 bits per heavy atom. The van der Waals surface area contributed by atoms with Crippen molar-refractivity contribution in [2.75, 3.05) is 13.2 Å². The second kappa shape index (κ2) is 10.8. The molecule has 2 amide bonds. The molecule has 0 radical (unpaired) electrons. The van der Waals surface area contributed by atoms with Crippen LogP contribution in [-0.4, -0.2) is 57.5 Å². The summed E-state index contributed by atoms with van der Waals surface area (Å²) in [6.07, 6.45) is 11.6. The molecule has 3 rings (SSSR count). The number of aliphatic hydroxyl groups is 1. The van der Waals surface area contributed by atoms with Crippen molar-refractivity contribution < 1.29 is 14.6 Å². The van der Waals surface area contributed by atoms with E-state index in [1.54, 1.807) is 0 Å². The minimum atomic E-state index is -0.361. The summed E-state index contributed by atoms with van der Waals surface area (Å²) in [5, 5.41) is 24.1. The number of carbonyl (C=O) groups is 1. The summed E-state index contributed by atoms with van der Waals surface area (Å²) >= 11 is 0. The van der Waals surface area contributed by atoms with Gasteiger partial charge in [0.25, 0.3) is 0 Å². The Labute approximate surface area is 167 Å². The number of carbonyl (C=O) groups excluding carboxylic acids is 1. The topological polar surface area (TPSA) is 101 Å². The number of urea groups is 1. The number of aryl methyl sites for hydroxylation is 1. The van der Waals surface area contributed by atoms with Crippen LogP contribution in [0.1, 0.15) is 76.3 Å². The Balaban J connectivity index is 1.43. The second-order valence-electron chi connectivity index (χ2n) is 8.09. The van der Waals surface area contributed by atoms with Gasteiger partial charge in [-0.1, -0.05) is 31.4 Å². The maximum atomic E-state index is 11.9. The van der Waals surface area contributed by atoms with Crippen molar-refractivity contribution in [3.8, 4) is 0 Å². The quantitative estimate of drug-likeness (QED) is 0.629. The highest BCUT2D eigenvalue weighted by atomic mass is 16.5. The fourth-order valence-electron chi connectivity index (χ4n) is 4.25. The van der Waals surface area contributed by atoms with Gasteiger partial charge in [0.1, 0.15) is 6.10 Å². The van der Waals surface area contributed by atoms with Crippen molar-refractivity contribution >= 4 is 6.03 Å². The van der Waals surface area contributed by atoms with Crippen LogP contribution in [0.2, 0.25) is 0 Å². The first kappa shape index (κ1) is 21.0. The third-order valence-electron chi connectivity index (χ3n) is 5.91. The van der Waals surface area contributed by atoms with E-state index < -0.39 is 0 Å². The molecule has 3 atom stereocenters. The smallest absolute Gasteiger partial charge is 0.315 e. The van der Waals surface area contributed by atoms with Gasteiger partial charge in [0.05, 0.1) is 24.4 Å². The van der Waals surface area contributed by atoms with Gasteiger partial charge in [-0.05, 0) is 38.5 Å². The molecule has 1 aromatic heterocycles. The summed E-state index contributed by atoms with van der Waals surface area (Å²) in [7, 11) is 0. The van der Waals surface area contributed by atoms with E-state index in [1.165, 1.54) is 32.1 Å². The van der Waals surface area contributed by atoms with Crippen molar-refractivity contribution in [1.82, 2.24) is 25.6 Å². The lowest BCUT2D eigenvalue weighted by atomic mass is 9.87. The van der Waals surface area contributed by atoms with Gasteiger partial charge in [0.15, 0.2) is 0 Å². The van der Waals surface area contributed by atoms with Gasteiger partial charge in [-0.25, -0.2) is 4.79 Å². The number of aromatic nitrogens is 3. The Morgan fingerprint density at radius 2 is 2.11 bits per heavy atom. The molecule has 1 aliphatic carbocycles. The van der Waals surface area contributed by atoms with Crippen LogP contribution in [0.5, 0.6) is 0 Å². The summed E-state index contributed by atoms with van der Waals surface area (Å²) in [5.41, 5.74) is 1.12. The average Bonchev–Trinajstić information content (AvgIpc) is 3.21. The highest BCUT2D eigenvalue weighted by Crippen LogP contribution is 2.31. The van der Waals surface area contributed by atoms with Crippen LogP contribution < -0.4 is 10.6 Å². The monoisotopic (exact) mass is 393 g/mol. The first-order valence-corrected chi connectivity index (χ1v) is 10.9. The molecule has 2 fully saturated rings. The number of hydrogen-bond acceptors (Lipinski definition) is 5. The molecule has 8 nitrogen and oxygen atoms in total. The SMILES string of the molecule is CCCNC(=O)N[C@H]1CC[C@H](CCn2cc(C3CCCCC3)nn2)O[C@@H]1CO. The van der Waals surface area contributed by atoms with E-state index in [1.807, 2.05) is 11.6 Å². The molecular formula is C20H35N5O3. The summed E-state index contributed by atoms with van der Waals surface area (Å²) < 4.78 is 7.96. The Hall–Kier alpha value is -1.67. The maximum Gasteiger partial charge on any atom is 0.315 e. The van der Waals surface area contributed by atoms with Crippen molar-refractivity contribution in [1.29, 1.82) is 0 Å². The van der Waals surface area contributed by atoms with Gasteiger partial charge in [-0.2, -0.15) is 0 Å². The standard InChI is InChI=1S/C20H35N5O3/c1-2-11-21-20(27)22-17-9-8-16(28-19(17)14-26)10-12-25-13-18(23-24-25)15-6-4-3-5-7-15/h13,15-17,19,26H,2-12,14H2,1H3,(H2,21,22,27)/t16-,17+,19-/m1/s1. The third-order valence-corrected chi connectivity index (χ3v) is 5.91. The normalized spacial score (nSPS) is 26.1. The van der Waals surface area contributed by atoms with Crippen molar-refractivity contribution in [2.24, 2.45) is 0 Å². The molecule has 1 aliphatic heterocycles. The molecule has 1 saturated heterocycles. The summed E-state index contributed by atoms with van der Waals surface area (Å²) in [5.74, 6) is 0.567. The fraction of sp³-hybridized carbons (Fsp3) is 0.850. The lowest BCUT2D eigenvalue weighted by Crippen LogP contribution is -2.53. The molecule has 2 aliphatic rings. The van der Waals surface area contributed by atoms with E-state index in [-0.39, 0.29) is 30.9 Å². The zero-order valence-corrected chi connectivity index (χ0v) is 17.0. The molecule has 0 bridgehead atoms. The summed E-state index contributed by atoms with van der Waals surface area (Å²) in [6, 6.07) is -0.340. The van der Waals surface area contributed by atoms with E-state index in [4.69, 9.17) is 4.74 Å². The molecule has 0 aromatic carbocycles. The fourth-order valence-corrected chi connectivity index (χ4v) is 4.25. The number of ether oxygens (including phenoxy) is 1. The molecule has 8 heteroatoms. The van der Waals surface area contributed by atoms with Crippen LogP contribution in [0.3, 0.4) is 0 Å². The molecule has 158 valence electrons. The number of nitrogens with zero attached hydrogens (tertiary/aromatic N) is 3. The van der Waals surface area contributed by atoms with Crippen LogP contribution in [0.25, 0.3) is 0 Å². The number of aliphatic hydroxyl groups excluding tert-OH is 1. The first-order chi connectivity index (χ1) is 13.7. The molecular weight excluding hydrogens is 358 g/mol. The van der Waals surface area contributed by atoms with Crippen LogP contribution in [-0.2, 0) is 11.3 Å². The average molecular weight is 394 g/mol. The Kier molecular flexibility index (Phi) is 8.09. The zero-order valence-electron chi connectivity index (χ0n) is 17.0. The largest absolute Gasteiger partial charge is 0.394 e. The molecule has 28 heavy (non-hydrogen) atoms. The summed E-state index contributed by atoms with van der Waals surface area (Å²) in [6.45, 7) is 3.33. The predicted molar refractivity (Wildman–Crippen MR) is 106 cm³/mol. The van der Waals surface area contributed by atoms with Crippen molar-refractivity contribution in [3.63, 3.8) is 0 Å². The lowest BCUT2D eigenvalue weighted by molar-refractivity contribution is -0.0907. The van der Waals surface area contributed by atoms with E-state index in [2.05, 4.69) is 27.1 Å². The van der Waals surface area contributed by atoms with Gasteiger partial charge < -0.3 is 20.5 Å². The molecule has 0 unspecified atom stereocenters. The number of rotatable bonds is 8. The molecule has 1 saturated carbocycles.